The van der Waals surface area contributed by atoms with E-state index < -0.39 is 9.05 Å². The number of carbonyl (C=O) groups is 1. The average Bonchev–Trinajstić information content (AvgIpc) is 2.36. The summed E-state index contributed by atoms with van der Waals surface area (Å²) in [5.74, 6) is -0.0818. The fourth-order valence-electron chi connectivity index (χ4n) is 1.62. The maximum atomic E-state index is 11.7. The Morgan fingerprint density at radius 2 is 1.90 bits per heavy atom. The van der Waals surface area contributed by atoms with Gasteiger partial charge in [0.25, 0.3) is 9.05 Å². The fraction of sp³-hybridized carbons (Fsp3) is 0.462. The lowest BCUT2D eigenvalue weighted by molar-refractivity contribution is -0.124. The number of nitrogens with one attached hydrogen (secondary N) is 1. The number of halogens is 1. The Hall–Kier alpha value is -1.27. The van der Waals surface area contributed by atoms with E-state index in [9.17, 15) is 13.2 Å². The first kappa shape index (κ1) is 16.8. The van der Waals surface area contributed by atoms with Gasteiger partial charge in [-0.1, -0.05) is 19.9 Å². The van der Waals surface area contributed by atoms with Gasteiger partial charge in [-0.15, -0.1) is 0 Å². The van der Waals surface area contributed by atoms with E-state index in [1.807, 2.05) is 0 Å². The van der Waals surface area contributed by atoms with Crippen LogP contribution in [-0.2, 0) is 13.8 Å². The van der Waals surface area contributed by atoms with Crippen molar-refractivity contribution in [2.24, 2.45) is 5.92 Å². The minimum Gasteiger partial charge on any atom is -0.495 e. The highest BCUT2D eigenvalue weighted by atomic mass is 35.7. The molecule has 1 rings (SSSR count). The quantitative estimate of drug-likeness (QED) is 0.846. The van der Waals surface area contributed by atoms with E-state index in [1.165, 1.54) is 19.2 Å². The van der Waals surface area contributed by atoms with Crippen LogP contribution in [0.2, 0.25) is 0 Å². The molecule has 0 saturated carbocycles. The predicted molar refractivity (Wildman–Crippen MR) is 77.4 cm³/mol. The molecule has 0 radical (unpaired) electrons. The Labute approximate surface area is 123 Å². The van der Waals surface area contributed by atoms with E-state index in [0.29, 0.717) is 5.56 Å². The molecule has 0 spiro atoms. The van der Waals surface area contributed by atoms with Crippen LogP contribution in [-0.4, -0.2) is 21.4 Å². The molecule has 5 nitrogen and oxygen atoms in total. The van der Waals surface area contributed by atoms with Crippen LogP contribution in [0.25, 0.3) is 0 Å². The number of rotatable bonds is 5. The Balaban J connectivity index is 3.12. The maximum absolute atomic E-state index is 11.7. The summed E-state index contributed by atoms with van der Waals surface area (Å²) in [5.41, 5.74) is 0.638. The summed E-state index contributed by atoms with van der Waals surface area (Å²) in [5, 5.41) is 2.79. The van der Waals surface area contributed by atoms with Crippen molar-refractivity contribution in [3.05, 3.63) is 23.8 Å². The third kappa shape index (κ3) is 4.11. The molecule has 20 heavy (non-hydrogen) atoms. The topological polar surface area (TPSA) is 72.5 Å². The van der Waals surface area contributed by atoms with Gasteiger partial charge in [-0.3, -0.25) is 4.79 Å². The van der Waals surface area contributed by atoms with Crippen LogP contribution in [0.3, 0.4) is 0 Å². The molecule has 1 N–H and O–H groups in total. The Bertz CT molecular complexity index is 598. The number of benzene rings is 1. The van der Waals surface area contributed by atoms with Gasteiger partial charge in [-0.2, -0.15) is 0 Å². The largest absolute Gasteiger partial charge is 0.495 e. The molecule has 1 aromatic carbocycles. The highest BCUT2D eigenvalue weighted by molar-refractivity contribution is 8.13. The molecule has 1 unspecified atom stereocenters. The Morgan fingerprint density at radius 3 is 2.35 bits per heavy atom. The van der Waals surface area contributed by atoms with Crippen LogP contribution in [0.15, 0.2) is 23.1 Å². The number of carbonyl (C=O) groups excluding carboxylic acids is 1. The van der Waals surface area contributed by atoms with Crippen LogP contribution < -0.4 is 10.1 Å². The SMILES string of the molecule is COc1ccc(C(C)NC(=O)C(C)C)cc1S(=O)(=O)Cl. The zero-order valence-electron chi connectivity index (χ0n) is 11.8. The molecule has 1 amide bonds. The standard InChI is InChI=1S/C13H18ClNO4S/c1-8(2)13(16)15-9(3)10-5-6-11(19-4)12(7-10)20(14,17)18/h5-9H,1-4H3,(H,15,16). The normalized spacial score (nSPS) is 13.1. The molecule has 0 bridgehead atoms. The molecule has 0 heterocycles. The lowest BCUT2D eigenvalue weighted by Gasteiger charge is -2.17. The van der Waals surface area contributed by atoms with Crippen LogP contribution in [0, 0.1) is 5.92 Å². The average molecular weight is 320 g/mol. The van der Waals surface area contributed by atoms with Crippen molar-refractivity contribution in [2.45, 2.75) is 31.7 Å². The molecule has 1 atom stereocenters. The smallest absolute Gasteiger partial charge is 0.264 e. The molecular weight excluding hydrogens is 302 g/mol. The summed E-state index contributed by atoms with van der Waals surface area (Å²) < 4.78 is 28.0. The summed E-state index contributed by atoms with van der Waals surface area (Å²) in [6, 6.07) is 4.29. The number of hydrogen-bond acceptors (Lipinski definition) is 4. The highest BCUT2D eigenvalue weighted by Gasteiger charge is 2.20. The van der Waals surface area contributed by atoms with Gasteiger partial charge < -0.3 is 10.1 Å². The summed E-state index contributed by atoms with van der Waals surface area (Å²) >= 11 is 0. The van der Waals surface area contributed by atoms with Crippen molar-refractivity contribution in [3.8, 4) is 5.75 Å². The Morgan fingerprint density at radius 1 is 1.30 bits per heavy atom. The van der Waals surface area contributed by atoms with Crippen LogP contribution >= 0.6 is 10.7 Å². The van der Waals surface area contributed by atoms with Crippen molar-refractivity contribution < 1.29 is 17.9 Å². The van der Waals surface area contributed by atoms with Gasteiger partial charge in [0.2, 0.25) is 5.91 Å². The summed E-state index contributed by atoms with van der Waals surface area (Å²) in [6.07, 6.45) is 0. The van der Waals surface area contributed by atoms with Crippen molar-refractivity contribution in [1.82, 2.24) is 5.32 Å². The molecule has 0 aliphatic carbocycles. The first-order valence-corrected chi connectivity index (χ1v) is 8.40. The van der Waals surface area contributed by atoms with E-state index in [4.69, 9.17) is 15.4 Å². The summed E-state index contributed by atoms with van der Waals surface area (Å²) in [4.78, 5) is 11.5. The van der Waals surface area contributed by atoms with Gasteiger partial charge in [0.15, 0.2) is 0 Å². The Kier molecular flexibility index (Phi) is 5.42. The lowest BCUT2D eigenvalue weighted by Crippen LogP contribution is -2.30. The van der Waals surface area contributed by atoms with Crippen LogP contribution in [0.5, 0.6) is 5.75 Å². The first-order chi connectivity index (χ1) is 9.16. The molecule has 0 aromatic heterocycles. The van der Waals surface area contributed by atoms with Gasteiger partial charge in [0.05, 0.1) is 13.2 Å². The summed E-state index contributed by atoms with van der Waals surface area (Å²) in [6.45, 7) is 5.34. The minimum atomic E-state index is -3.91. The fourth-order valence-corrected chi connectivity index (χ4v) is 2.65. The van der Waals surface area contributed by atoms with Crippen LogP contribution in [0.4, 0.5) is 0 Å². The minimum absolute atomic E-state index is 0.107. The van der Waals surface area contributed by atoms with Gasteiger partial charge in [0.1, 0.15) is 10.6 Å². The number of amides is 1. The van der Waals surface area contributed by atoms with Crippen molar-refractivity contribution in [2.75, 3.05) is 7.11 Å². The van der Waals surface area contributed by atoms with Crippen molar-refractivity contribution in [1.29, 1.82) is 0 Å². The molecule has 0 aliphatic heterocycles. The number of methoxy groups -OCH3 is 1. The zero-order valence-corrected chi connectivity index (χ0v) is 13.4. The highest BCUT2D eigenvalue weighted by Crippen LogP contribution is 2.29. The second kappa shape index (κ2) is 6.45. The third-order valence-electron chi connectivity index (χ3n) is 2.83. The molecular formula is C13H18ClNO4S. The molecule has 112 valence electrons. The molecule has 7 heteroatoms. The van der Waals surface area contributed by atoms with Gasteiger partial charge >= 0.3 is 0 Å². The predicted octanol–water partition coefficient (Wildman–Crippen LogP) is 2.46. The molecule has 1 aromatic rings. The second-order valence-corrected chi connectivity index (χ2v) is 7.27. The second-order valence-electron chi connectivity index (χ2n) is 4.73. The van der Waals surface area contributed by atoms with Crippen molar-refractivity contribution >= 4 is 25.6 Å². The van der Waals surface area contributed by atoms with E-state index >= 15 is 0 Å². The van der Waals surface area contributed by atoms with Gasteiger partial charge in [0, 0.05) is 16.6 Å². The first-order valence-electron chi connectivity index (χ1n) is 6.09. The summed E-state index contributed by atoms with van der Waals surface area (Å²) in [7, 11) is 2.83. The van der Waals surface area contributed by atoms with Crippen molar-refractivity contribution in [3.63, 3.8) is 0 Å². The van der Waals surface area contributed by atoms with Gasteiger partial charge in [-0.25, -0.2) is 8.42 Å². The maximum Gasteiger partial charge on any atom is 0.264 e. The zero-order chi connectivity index (χ0) is 15.5. The van der Waals surface area contributed by atoms with E-state index in [1.54, 1.807) is 26.8 Å². The molecule has 0 saturated heterocycles. The monoisotopic (exact) mass is 319 g/mol. The number of hydrogen-bond donors (Lipinski definition) is 1. The van der Waals surface area contributed by atoms with E-state index in [0.717, 1.165) is 0 Å². The molecule has 0 fully saturated rings. The number of ether oxygens (including phenoxy) is 1. The third-order valence-corrected chi connectivity index (χ3v) is 4.18. The van der Waals surface area contributed by atoms with E-state index in [2.05, 4.69) is 5.32 Å². The van der Waals surface area contributed by atoms with Gasteiger partial charge in [-0.05, 0) is 24.6 Å². The van der Waals surface area contributed by atoms with Crippen LogP contribution in [0.1, 0.15) is 32.4 Å². The molecule has 0 aliphatic rings. The lowest BCUT2D eigenvalue weighted by atomic mass is 10.1. The van der Waals surface area contributed by atoms with E-state index in [-0.39, 0.29) is 28.5 Å².